The smallest absolute Gasteiger partial charge is 0.242 e. The van der Waals surface area contributed by atoms with E-state index in [9.17, 15) is 22.4 Å². The molecule has 1 atom stereocenters. The number of nitrogens with zero attached hydrogens (tertiary/aromatic N) is 2. The van der Waals surface area contributed by atoms with E-state index in [-0.39, 0.29) is 24.9 Å². The van der Waals surface area contributed by atoms with Gasteiger partial charge < -0.3 is 10.2 Å². The normalized spacial score (nSPS) is 12.6. The van der Waals surface area contributed by atoms with E-state index in [1.807, 2.05) is 19.9 Å². The maximum atomic E-state index is 13.3. The maximum Gasteiger partial charge on any atom is 0.242 e. The topological polar surface area (TPSA) is 86.8 Å². The summed E-state index contributed by atoms with van der Waals surface area (Å²) in [6.07, 6.45) is 1.05. The second kappa shape index (κ2) is 11.9. The number of rotatable bonds is 11. The van der Waals surface area contributed by atoms with E-state index in [1.165, 1.54) is 29.2 Å². The van der Waals surface area contributed by atoms with Gasteiger partial charge in [0.25, 0.3) is 0 Å². The molecule has 1 N–H and O–H groups in total. The lowest BCUT2D eigenvalue weighted by atomic mass is 10.1. The zero-order valence-corrected chi connectivity index (χ0v) is 20.3. The standard InChI is InChI=1S/C24H32FN3O4S/c1-18(2)14-26-24(30)19(3)28(16-21-10-12-22(25)13-11-21)23(29)17-27(33(4,31)32)15-20-8-6-5-7-9-20/h5-13,18-19H,14-17H2,1-4H3,(H,26,30)/t19-/m1/s1. The number of amides is 2. The quantitative estimate of drug-likeness (QED) is 0.539. The second-order valence-corrected chi connectivity index (χ2v) is 10.5. The van der Waals surface area contributed by atoms with Crippen molar-refractivity contribution in [3.8, 4) is 0 Å². The zero-order chi connectivity index (χ0) is 24.6. The number of sulfonamides is 1. The molecule has 0 unspecified atom stereocenters. The van der Waals surface area contributed by atoms with E-state index in [2.05, 4.69) is 5.32 Å². The number of hydrogen-bond donors (Lipinski definition) is 1. The molecule has 180 valence electrons. The minimum Gasteiger partial charge on any atom is -0.354 e. The zero-order valence-electron chi connectivity index (χ0n) is 19.5. The monoisotopic (exact) mass is 477 g/mol. The Morgan fingerprint density at radius 1 is 0.939 bits per heavy atom. The van der Waals surface area contributed by atoms with Gasteiger partial charge >= 0.3 is 0 Å². The molecule has 0 saturated heterocycles. The fourth-order valence-electron chi connectivity index (χ4n) is 3.14. The van der Waals surface area contributed by atoms with Crippen molar-refractivity contribution in [1.82, 2.24) is 14.5 Å². The van der Waals surface area contributed by atoms with Gasteiger partial charge in [-0.25, -0.2) is 12.8 Å². The van der Waals surface area contributed by atoms with Crippen molar-refractivity contribution in [3.63, 3.8) is 0 Å². The largest absolute Gasteiger partial charge is 0.354 e. The minimum absolute atomic E-state index is 0.0315. The lowest BCUT2D eigenvalue weighted by Crippen LogP contribution is -2.51. The first-order valence-corrected chi connectivity index (χ1v) is 12.6. The maximum absolute atomic E-state index is 13.3. The molecule has 0 aliphatic carbocycles. The second-order valence-electron chi connectivity index (χ2n) is 8.48. The Morgan fingerprint density at radius 2 is 1.52 bits per heavy atom. The third kappa shape index (κ3) is 8.58. The number of hydrogen-bond acceptors (Lipinski definition) is 4. The number of nitrogens with one attached hydrogen (secondary N) is 1. The van der Waals surface area contributed by atoms with Gasteiger partial charge in [-0.1, -0.05) is 56.3 Å². The van der Waals surface area contributed by atoms with Gasteiger partial charge in [-0.3, -0.25) is 9.59 Å². The number of carbonyl (C=O) groups is 2. The van der Waals surface area contributed by atoms with E-state index in [0.29, 0.717) is 12.1 Å². The van der Waals surface area contributed by atoms with Crippen LogP contribution in [0.25, 0.3) is 0 Å². The molecule has 0 radical (unpaired) electrons. The molecule has 0 bridgehead atoms. The van der Waals surface area contributed by atoms with Crippen LogP contribution in [0.5, 0.6) is 0 Å². The fourth-order valence-corrected chi connectivity index (χ4v) is 3.87. The summed E-state index contributed by atoms with van der Waals surface area (Å²) in [5.41, 5.74) is 1.37. The summed E-state index contributed by atoms with van der Waals surface area (Å²) in [6, 6.07) is 13.7. The van der Waals surface area contributed by atoms with Gasteiger partial charge in [0.05, 0.1) is 12.8 Å². The molecule has 0 aliphatic rings. The highest BCUT2D eigenvalue weighted by Gasteiger charge is 2.29. The van der Waals surface area contributed by atoms with Crippen LogP contribution in [0.3, 0.4) is 0 Å². The molecule has 2 aromatic carbocycles. The molecule has 2 aromatic rings. The Morgan fingerprint density at radius 3 is 2.06 bits per heavy atom. The first-order valence-electron chi connectivity index (χ1n) is 10.8. The Bertz CT molecular complexity index is 1030. The summed E-state index contributed by atoms with van der Waals surface area (Å²) in [4.78, 5) is 27.4. The molecule has 0 aromatic heterocycles. The van der Waals surface area contributed by atoms with Crippen molar-refractivity contribution in [2.45, 2.75) is 39.9 Å². The predicted octanol–water partition coefficient (Wildman–Crippen LogP) is 2.78. The molecule has 0 fully saturated rings. The average molecular weight is 478 g/mol. The molecule has 0 aliphatic heterocycles. The molecular formula is C24H32FN3O4S. The van der Waals surface area contributed by atoms with Crippen molar-refractivity contribution in [1.29, 1.82) is 0 Å². The van der Waals surface area contributed by atoms with Gasteiger partial charge in [0.15, 0.2) is 0 Å². The minimum atomic E-state index is -3.70. The van der Waals surface area contributed by atoms with Crippen molar-refractivity contribution in [2.24, 2.45) is 5.92 Å². The molecule has 2 rings (SSSR count). The van der Waals surface area contributed by atoms with Crippen LogP contribution in [-0.4, -0.2) is 54.8 Å². The van der Waals surface area contributed by atoms with E-state index in [1.54, 1.807) is 31.2 Å². The third-order valence-electron chi connectivity index (χ3n) is 5.10. The van der Waals surface area contributed by atoms with Crippen molar-refractivity contribution >= 4 is 21.8 Å². The SMILES string of the molecule is CC(C)CNC(=O)[C@@H](C)N(Cc1ccc(F)cc1)C(=O)CN(Cc1ccccc1)S(C)(=O)=O. The van der Waals surface area contributed by atoms with E-state index < -0.39 is 34.3 Å². The average Bonchev–Trinajstić information content (AvgIpc) is 2.76. The van der Waals surface area contributed by atoms with Crippen molar-refractivity contribution in [2.75, 3.05) is 19.3 Å². The molecule has 0 saturated carbocycles. The molecule has 2 amide bonds. The van der Waals surface area contributed by atoms with E-state index in [0.717, 1.165) is 16.1 Å². The summed E-state index contributed by atoms with van der Waals surface area (Å²) in [6.45, 7) is 5.61. The summed E-state index contributed by atoms with van der Waals surface area (Å²) in [5.74, 6) is -1.04. The predicted molar refractivity (Wildman–Crippen MR) is 126 cm³/mol. The molecule has 7 nitrogen and oxygen atoms in total. The van der Waals surface area contributed by atoms with E-state index >= 15 is 0 Å². The van der Waals surface area contributed by atoms with Gasteiger partial charge in [0.1, 0.15) is 11.9 Å². The van der Waals surface area contributed by atoms with Gasteiger partial charge in [-0.15, -0.1) is 0 Å². The van der Waals surface area contributed by atoms with Crippen LogP contribution < -0.4 is 5.32 Å². The Balaban J connectivity index is 2.27. The molecule has 33 heavy (non-hydrogen) atoms. The lowest BCUT2D eigenvalue weighted by molar-refractivity contribution is -0.140. The molecule has 0 heterocycles. The Labute approximate surface area is 195 Å². The highest BCUT2D eigenvalue weighted by molar-refractivity contribution is 7.88. The van der Waals surface area contributed by atoms with Crippen LogP contribution in [0.2, 0.25) is 0 Å². The Hall–Kier alpha value is -2.78. The molecule has 9 heteroatoms. The summed E-state index contributed by atoms with van der Waals surface area (Å²) in [7, 11) is -3.70. The highest BCUT2D eigenvalue weighted by Crippen LogP contribution is 2.14. The van der Waals surface area contributed by atoms with Gasteiger partial charge in [-0.2, -0.15) is 4.31 Å². The van der Waals surface area contributed by atoms with Gasteiger partial charge in [0.2, 0.25) is 21.8 Å². The first kappa shape index (κ1) is 26.5. The van der Waals surface area contributed by atoms with Crippen LogP contribution in [0.15, 0.2) is 54.6 Å². The van der Waals surface area contributed by atoms with Crippen molar-refractivity contribution in [3.05, 3.63) is 71.5 Å². The number of carbonyl (C=O) groups excluding carboxylic acids is 2. The lowest BCUT2D eigenvalue weighted by Gasteiger charge is -2.31. The summed E-state index contributed by atoms with van der Waals surface area (Å²) >= 11 is 0. The molecule has 0 spiro atoms. The fraction of sp³-hybridized carbons (Fsp3) is 0.417. The third-order valence-corrected chi connectivity index (χ3v) is 6.30. The molecular weight excluding hydrogens is 445 g/mol. The van der Waals surface area contributed by atoms with Crippen LogP contribution in [-0.2, 0) is 32.7 Å². The Kier molecular flexibility index (Phi) is 9.55. The number of halogens is 1. The number of benzene rings is 2. The first-order chi connectivity index (χ1) is 15.5. The summed E-state index contributed by atoms with van der Waals surface area (Å²) in [5, 5.41) is 2.81. The van der Waals surface area contributed by atoms with Crippen LogP contribution in [0.4, 0.5) is 4.39 Å². The van der Waals surface area contributed by atoms with Crippen LogP contribution in [0.1, 0.15) is 31.9 Å². The summed E-state index contributed by atoms with van der Waals surface area (Å²) < 4.78 is 39.2. The van der Waals surface area contributed by atoms with Crippen LogP contribution in [0, 0.1) is 11.7 Å². The van der Waals surface area contributed by atoms with Gasteiger partial charge in [0, 0.05) is 19.6 Å². The van der Waals surface area contributed by atoms with Crippen molar-refractivity contribution < 1.29 is 22.4 Å². The van der Waals surface area contributed by atoms with Crippen LogP contribution >= 0.6 is 0 Å². The highest BCUT2D eigenvalue weighted by atomic mass is 32.2. The van der Waals surface area contributed by atoms with E-state index in [4.69, 9.17) is 0 Å². The van der Waals surface area contributed by atoms with Gasteiger partial charge in [-0.05, 0) is 36.1 Å².